The number of nitro benzene ring substituents is 1. The molecule has 0 heterocycles. The Morgan fingerprint density at radius 3 is 2.56 bits per heavy atom. The number of thioether (sulfide) groups is 1. The van der Waals surface area contributed by atoms with Crippen LogP contribution < -0.4 is 9.62 Å². The molecule has 0 radical (unpaired) electrons. The summed E-state index contributed by atoms with van der Waals surface area (Å²) in [5.41, 5.74) is 0.885. The second kappa shape index (κ2) is 8.40. The monoisotopic (exact) mass is 409 g/mol. The van der Waals surface area contributed by atoms with Crippen LogP contribution >= 0.6 is 11.8 Å². The summed E-state index contributed by atoms with van der Waals surface area (Å²) in [6.07, 6.45) is 2.85. The van der Waals surface area contributed by atoms with Crippen LogP contribution in [0.1, 0.15) is 5.56 Å². The third-order valence-electron chi connectivity index (χ3n) is 3.71. The Hall–Kier alpha value is -2.59. The van der Waals surface area contributed by atoms with E-state index < -0.39 is 27.4 Å². The van der Waals surface area contributed by atoms with Gasteiger partial charge in [-0.05, 0) is 36.9 Å². The molecule has 0 fully saturated rings. The van der Waals surface area contributed by atoms with E-state index in [0.717, 1.165) is 21.5 Å². The molecule has 0 spiro atoms. The zero-order chi connectivity index (χ0) is 20.2. The number of carbonyl (C=O) groups is 1. The molecule has 1 N–H and O–H groups in total. The van der Waals surface area contributed by atoms with E-state index in [4.69, 9.17) is 0 Å². The highest BCUT2D eigenvalue weighted by atomic mass is 32.2. The second-order valence-corrected chi connectivity index (χ2v) is 8.56. The van der Waals surface area contributed by atoms with E-state index >= 15 is 0 Å². The van der Waals surface area contributed by atoms with Crippen molar-refractivity contribution < 1.29 is 18.1 Å². The summed E-state index contributed by atoms with van der Waals surface area (Å²) in [4.78, 5) is 23.8. The average Bonchev–Trinajstić information content (AvgIpc) is 2.59. The number of anilines is 2. The van der Waals surface area contributed by atoms with Gasteiger partial charge in [-0.25, -0.2) is 8.42 Å². The Balaban J connectivity index is 2.31. The van der Waals surface area contributed by atoms with Gasteiger partial charge in [0.05, 0.1) is 16.9 Å². The van der Waals surface area contributed by atoms with Gasteiger partial charge in [-0.15, -0.1) is 11.8 Å². The van der Waals surface area contributed by atoms with Crippen molar-refractivity contribution in [3.8, 4) is 0 Å². The van der Waals surface area contributed by atoms with E-state index in [-0.39, 0.29) is 11.4 Å². The summed E-state index contributed by atoms with van der Waals surface area (Å²) in [7, 11) is -3.84. The highest BCUT2D eigenvalue weighted by Crippen LogP contribution is 2.27. The van der Waals surface area contributed by atoms with Crippen molar-refractivity contribution in [3.05, 3.63) is 58.1 Å². The van der Waals surface area contributed by atoms with Crippen molar-refractivity contribution in [1.29, 1.82) is 0 Å². The number of aryl methyl sites for hydroxylation is 1. The molecule has 0 aliphatic carbocycles. The van der Waals surface area contributed by atoms with Crippen molar-refractivity contribution >= 4 is 44.8 Å². The minimum absolute atomic E-state index is 0.0970. The van der Waals surface area contributed by atoms with Gasteiger partial charge in [-0.2, -0.15) is 0 Å². The predicted octanol–water partition coefficient (Wildman–Crippen LogP) is 3.03. The molecule has 27 heavy (non-hydrogen) atoms. The number of nitro groups is 1. The lowest BCUT2D eigenvalue weighted by atomic mass is 10.2. The van der Waals surface area contributed by atoms with Crippen molar-refractivity contribution in [2.24, 2.45) is 0 Å². The third kappa shape index (κ3) is 5.44. The molecule has 2 rings (SSSR count). The van der Waals surface area contributed by atoms with Crippen LogP contribution in [0.4, 0.5) is 17.1 Å². The summed E-state index contributed by atoms with van der Waals surface area (Å²) >= 11 is 1.51. The lowest BCUT2D eigenvalue weighted by Crippen LogP contribution is -2.37. The standard InChI is InChI=1S/C17H19N3O5S2/c1-12-7-8-14(20(22)23)10-16(12)19(27(3,24)25)11-17(21)18-13-5-4-6-15(9-13)26-2/h4-10H,11H2,1-3H3,(H,18,21). The Kier molecular flexibility index (Phi) is 6.45. The molecule has 0 unspecified atom stereocenters. The highest BCUT2D eigenvalue weighted by molar-refractivity contribution is 7.98. The largest absolute Gasteiger partial charge is 0.324 e. The maximum atomic E-state index is 12.4. The smallest absolute Gasteiger partial charge is 0.271 e. The fourth-order valence-electron chi connectivity index (χ4n) is 2.39. The number of hydrogen-bond acceptors (Lipinski definition) is 6. The van der Waals surface area contributed by atoms with Gasteiger partial charge in [0.15, 0.2) is 0 Å². The van der Waals surface area contributed by atoms with Gasteiger partial charge in [0.1, 0.15) is 6.54 Å². The van der Waals surface area contributed by atoms with Crippen LogP contribution in [0.2, 0.25) is 0 Å². The number of nitrogens with zero attached hydrogens (tertiary/aromatic N) is 2. The van der Waals surface area contributed by atoms with Gasteiger partial charge < -0.3 is 5.32 Å². The predicted molar refractivity (Wildman–Crippen MR) is 107 cm³/mol. The lowest BCUT2D eigenvalue weighted by molar-refractivity contribution is -0.384. The molecule has 0 saturated carbocycles. The first kappa shape index (κ1) is 20.7. The number of non-ortho nitro benzene ring substituents is 1. The van der Waals surface area contributed by atoms with Gasteiger partial charge in [0, 0.05) is 22.7 Å². The summed E-state index contributed by atoms with van der Waals surface area (Å²) in [6.45, 7) is 1.13. The molecule has 10 heteroatoms. The highest BCUT2D eigenvalue weighted by Gasteiger charge is 2.24. The van der Waals surface area contributed by atoms with Gasteiger partial charge in [-0.3, -0.25) is 19.2 Å². The minimum Gasteiger partial charge on any atom is -0.324 e. The molecule has 8 nitrogen and oxygen atoms in total. The van der Waals surface area contributed by atoms with Crippen molar-refractivity contribution in [3.63, 3.8) is 0 Å². The molecule has 0 aliphatic rings. The number of benzene rings is 2. The Morgan fingerprint density at radius 1 is 1.26 bits per heavy atom. The topological polar surface area (TPSA) is 110 Å². The van der Waals surface area contributed by atoms with Crippen LogP contribution in [-0.2, 0) is 14.8 Å². The Labute approximate surface area is 161 Å². The van der Waals surface area contributed by atoms with E-state index in [0.29, 0.717) is 11.3 Å². The molecule has 2 aromatic carbocycles. The summed E-state index contributed by atoms with van der Waals surface area (Å²) in [5.74, 6) is -0.551. The maximum absolute atomic E-state index is 12.4. The lowest BCUT2D eigenvalue weighted by Gasteiger charge is -2.23. The fraction of sp³-hybridized carbons (Fsp3) is 0.235. The zero-order valence-corrected chi connectivity index (χ0v) is 16.6. The zero-order valence-electron chi connectivity index (χ0n) is 15.0. The summed E-state index contributed by atoms with van der Waals surface area (Å²) < 4.78 is 25.3. The molecule has 0 saturated heterocycles. The minimum atomic E-state index is -3.84. The molecule has 1 amide bonds. The molecular formula is C17H19N3O5S2. The first-order valence-corrected chi connectivity index (χ1v) is 10.9. The van der Waals surface area contributed by atoms with Gasteiger partial charge >= 0.3 is 0 Å². The Morgan fingerprint density at radius 2 is 1.96 bits per heavy atom. The first-order chi connectivity index (χ1) is 12.6. The van der Waals surface area contributed by atoms with Gasteiger partial charge in [0.25, 0.3) is 5.69 Å². The molecule has 0 atom stereocenters. The number of rotatable bonds is 7. The van der Waals surface area contributed by atoms with Crippen molar-refractivity contribution in [1.82, 2.24) is 0 Å². The van der Waals surface area contributed by atoms with E-state index in [1.807, 2.05) is 12.3 Å². The maximum Gasteiger partial charge on any atom is 0.271 e. The number of nitrogens with one attached hydrogen (secondary N) is 1. The van der Waals surface area contributed by atoms with E-state index in [1.165, 1.54) is 23.9 Å². The second-order valence-electron chi connectivity index (χ2n) is 5.78. The van der Waals surface area contributed by atoms with Crippen LogP contribution in [-0.4, -0.2) is 38.3 Å². The Bertz CT molecular complexity index is 976. The number of amides is 1. The van der Waals surface area contributed by atoms with Crippen LogP contribution in [0, 0.1) is 17.0 Å². The molecular weight excluding hydrogens is 390 g/mol. The van der Waals surface area contributed by atoms with Crippen LogP contribution in [0.3, 0.4) is 0 Å². The van der Waals surface area contributed by atoms with Crippen molar-refractivity contribution in [2.75, 3.05) is 28.7 Å². The normalized spacial score (nSPS) is 11.1. The summed E-state index contributed by atoms with van der Waals surface area (Å²) in [5, 5.41) is 13.7. The van der Waals surface area contributed by atoms with Crippen LogP contribution in [0.5, 0.6) is 0 Å². The van der Waals surface area contributed by atoms with Crippen LogP contribution in [0.25, 0.3) is 0 Å². The van der Waals surface area contributed by atoms with Crippen molar-refractivity contribution in [2.45, 2.75) is 11.8 Å². The van der Waals surface area contributed by atoms with E-state index in [2.05, 4.69) is 5.32 Å². The molecule has 144 valence electrons. The first-order valence-electron chi connectivity index (χ1n) is 7.78. The summed E-state index contributed by atoms with van der Waals surface area (Å²) in [6, 6.07) is 11.0. The SMILES string of the molecule is CSc1cccc(NC(=O)CN(c2cc([N+](=O)[O-])ccc2C)S(C)(=O)=O)c1. The molecule has 0 aliphatic heterocycles. The van der Waals surface area contributed by atoms with Gasteiger partial charge in [0.2, 0.25) is 15.9 Å². The van der Waals surface area contributed by atoms with E-state index in [9.17, 15) is 23.3 Å². The fourth-order valence-corrected chi connectivity index (χ4v) is 3.76. The molecule has 0 aromatic heterocycles. The quantitative estimate of drug-likeness (QED) is 0.428. The van der Waals surface area contributed by atoms with Gasteiger partial charge in [-0.1, -0.05) is 12.1 Å². The molecule has 0 bridgehead atoms. The number of carbonyl (C=O) groups excluding carboxylic acids is 1. The molecule has 2 aromatic rings. The number of hydrogen-bond donors (Lipinski definition) is 1. The van der Waals surface area contributed by atoms with Crippen LogP contribution in [0.15, 0.2) is 47.4 Å². The third-order valence-corrected chi connectivity index (χ3v) is 5.57. The van der Waals surface area contributed by atoms with E-state index in [1.54, 1.807) is 25.1 Å². The average molecular weight is 409 g/mol. The number of sulfonamides is 1.